The van der Waals surface area contributed by atoms with Gasteiger partial charge >= 0.3 is 65.1 Å². The van der Waals surface area contributed by atoms with Gasteiger partial charge in [0.2, 0.25) is 0 Å². The maximum atomic E-state index is 10.6. The van der Waals surface area contributed by atoms with Gasteiger partial charge in [0.05, 0.1) is 6.61 Å². The fraction of sp³-hybridized carbons (Fsp3) is 0.571. The van der Waals surface area contributed by atoms with Crippen LogP contribution in [0, 0.1) is 0 Å². The molecule has 3 nitrogen and oxygen atoms in total. The van der Waals surface area contributed by atoms with Gasteiger partial charge in [-0.1, -0.05) is 6.58 Å². The van der Waals surface area contributed by atoms with Gasteiger partial charge in [0.1, 0.15) is 0 Å². The van der Waals surface area contributed by atoms with Crippen LogP contribution < -0.4 is 0 Å². The number of aliphatic hydroxyl groups is 1. The van der Waals surface area contributed by atoms with Crippen molar-refractivity contribution in [3.05, 3.63) is 12.2 Å². The Morgan fingerprint density at radius 3 is 2.33 bits per heavy atom. The van der Waals surface area contributed by atoms with Crippen LogP contribution in [-0.4, -0.2) is 83.4 Å². The Balaban J connectivity index is -0.000000405. The van der Waals surface area contributed by atoms with E-state index in [9.17, 15) is 4.79 Å². The Morgan fingerprint density at radius 1 is 1.50 bits per heavy atom. The molecule has 0 bridgehead atoms. The van der Waals surface area contributed by atoms with Crippen molar-refractivity contribution < 1.29 is 14.6 Å². The molecule has 0 saturated carbocycles. The molecule has 0 rings (SSSR count). The quantitative estimate of drug-likeness (QED) is 0.274. The Labute approximate surface area is 117 Å². The van der Waals surface area contributed by atoms with Gasteiger partial charge in [-0.15, -0.1) is 0 Å². The maximum absolute atomic E-state index is 10.6. The van der Waals surface area contributed by atoms with Crippen LogP contribution in [0.25, 0.3) is 0 Å². The second-order valence-corrected chi connectivity index (χ2v) is 1.99. The van der Waals surface area contributed by atoms with Crippen molar-refractivity contribution in [1.82, 2.24) is 0 Å². The molecule has 5 heteroatoms. The Bertz CT molecular complexity index is 137. The normalized spacial score (nSPS) is 7.50. The molecule has 0 amide bonds. The van der Waals surface area contributed by atoms with Crippen molar-refractivity contribution in [1.29, 1.82) is 0 Å². The number of aliphatic hydroxyl groups excluding tert-OH is 1. The van der Waals surface area contributed by atoms with Crippen molar-refractivity contribution >= 4 is 65.1 Å². The van der Waals surface area contributed by atoms with E-state index in [0.29, 0.717) is 12.0 Å². The molecule has 0 aromatic carbocycles. The third-order valence-corrected chi connectivity index (χ3v) is 0.884. The molecule has 62 valence electrons. The van der Waals surface area contributed by atoms with Crippen LogP contribution in [0.2, 0.25) is 0 Å². The fourth-order valence-corrected chi connectivity index (χ4v) is 0.353. The van der Waals surface area contributed by atoms with Crippen LogP contribution >= 0.6 is 0 Å². The molecule has 0 aliphatic heterocycles. The first-order valence-corrected chi connectivity index (χ1v) is 3.12. The molecule has 0 unspecified atom stereocenters. The van der Waals surface area contributed by atoms with E-state index in [-0.39, 0.29) is 72.3 Å². The van der Waals surface area contributed by atoms with E-state index >= 15 is 0 Å². The summed E-state index contributed by atoms with van der Waals surface area (Å²) >= 11 is 0. The molecule has 0 saturated heterocycles. The first-order chi connectivity index (χ1) is 4.68. The summed E-state index contributed by atoms with van der Waals surface area (Å²) in [6.07, 6.45) is 0.485. The molecule has 0 radical (unpaired) electrons. The van der Waals surface area contributed by atoms with E-state index in [1.54, 1.807) is 6.92 Å². The van der Waals surface area contributed by atoms with Crippen LogP contribution in [-0.2, 0) is 9.53 Å². The van der Waals surface area contributed by atoms with Crippen LogP contribution in [0.5, 0.6) is 0 Å². The monoisotopic (exact) mass is 192 g/mol. The van der Waals surface area contributed by atoms with Gasteiger partial charge in [-0.3, -0.25) is 0 Å². The van der Waals surface area contributed by atoms with Gasteiger partial charge in [0, 0.05) is 18.6 Å². The molecule has 0 aromatic rings. The molecule has 0 aliphatic carbocycles. The topological polar surface area (TPSA) is 46.5 Å². The Hall–Kier alpha value is 1.17. The molecule has 0 fully saturated rings. The minimum absolute atomic E-state index is 0. The van der Waals surface area contributed by atoms with E-state index in [0.717, 1.165) is 0 Å². The summed E-state index contributed by atoms with van der Waals surface area (Å²) in [4.78, 5) is 10.6. The predicted molar refractivity (Wildman–Crippen MR) is 51.8 cm³/mol. The minimum atomic E-state index is -0.395. The van der Waals surface area contributed by atoms with Gasteiger partial charge < -0.3 is 9.84 Å². The van der Waals surface area contributed by atoms with Gasteiger partial charge in [0.15, 0.2) is 0 Å². The second kappa shape index (κ2) is 12.2. The zero-order valence-corrected chi connectivity index (χ0v) is 6.09. The van der Waals surface area contributed by atoms with E-state index < -0.39 is 5.97 Å². The number of carbonyl (C=O) groups excluding carboxylic acids is 1. The van der Waals surface area contributed by atoms with Crippen molar-refractivity contribution in [2.75, 3.05) is 13.2 Å². The first-order valence-electron chi connectivity index (χ1n) is 3.12. The van der Waals surface area contributed by atoms with Gasteiger partial charge in [-0.05, 0) is 6.92 Å². The summed E-state index contributed by atoms with van der Waals surface area (Å²) in [7, 11) is 0. The summed E-state index contributed by atoms with van der Waals surface area (Å²) in [5, 5.41) is 8.30. The van der Waals surface area contributed by atoms with Gasteiger partial charge in [-0.25, -0.2) is 4.79 Å². The molecular formula is C7H14Na2O3. The van der Waals surface area contributed by atoms with E-state index in [2.05, 4.69) is 11.3 Å². The van der Waals surface area contributed by atoms with Crippen LogP contribution in [0.15, 0.2) is 12.2 Å². The summed E-state index contributed by atoms with van der Waals surface area (Å²) in [6, 6.07) is 0. The SMILES string of the molecule is C=C(C)C(=O)OCCCO.[NaH].[NaH]. The number of ether oxygens (including phenoxy) is 1. The number of hydrogen-bond acceptors (Lipinski definition) is 3. The van der Waals surface area contributed by atoms with Crippen molar-refractivity contribution in [2.24, 2.45) is 0 Å². The average molecular weight is 192 g/mol. The molecule has 0 atom stereocenters. The molecule has 0 heterocycles. The van der Waals surface area contributed by atoms with Gasteiger partial charge in [0.25, 0.3) is 0 Å². The van der Waals surface area contributed by atoms with E-state index in [1.807, 2.05) is 0 Å². The fourth-order valence-electron chi connectivity index (χ4n) is 0.353. The van der Waals surface area contributed by atoms with Crippen molar-refractivity contribution in [3.8, 4) is 0 Å². The molecule has 1 N–H and O–H groups in total. The third-order valence-electron chi connectivity index (χ3n) is 0.884. The standard InChI is InChI=1S/C7H12O3.2Na.2H/c1-6(2)7(9)10-5-3-4-8;;;;/h8H,1,3-5H2,2H3;;;;. The van der Waals surface area contributed by atoms with Crippen LogP contribution in [0.3, 0.4) is 0 Å². The number of hydrogen-bond donors (Lipinski definition) is 1. The molecule has 0 spiro atoms. The molecule has 0 aromatic heterocycles. The molecular weight excluding hydrogens is 178 g/mol. The zero-order chi connectivity index (χ0) is 7.98. The summed E-state index contributed by atoms with van der Waals surface area (Å²) in [5.74, 6) is -0.395. The van der Waals surface area contributed by atoms with Crippen LogP contribution in [0.1, 0.15) is 13.3 Å². The summed E-state index contributed by atoms with van der Waals surface area (Å²) < 4.78 is 4.65. The van der Waals surface area contributed by atoms with Gasteiger partial charge in [-0.2, -0.15) is 0 Å². The van der Waals surface area contributed by atoms with Crippen molar-refractivity contribution in [3.63, 3.8) is 0 Å². The first kappa shape index (κ1) is 18.9. The van der Waals surface area contributed by atoms with Crippen molar-refractivity contribution in [2.45, 2.75) is 13.3 Å². The second-order valence-electron chi connectivity index (χ2n) is 1.99. The van der Waals surface area contributed by atoms with Crippen LogP contribution in [0.4, 0.5) is 0 Å². The van der Waals surface area contributed by atoms with E-state index in [4.69, 9.17) is 5.11 Å². The molecule has 0 aliphatic rings. The molecule has 12 heavy (non-hydrogen) atoms. The summed E-state index contributed by atoms with van der Waals surface area (Å²) in [5.41, 5.74) is 0.387. The average Bonchev–Trinajstić information content (AvgIpc) is 1.88. The third kappa shape index (κ3) is 11.2. The number of esters is 1. The predicted octanol–water partition coefficient (Wildman–Crippen LogP) is -0.809. The Morgan fingerprint density at radius 2 is 2.00 bits per heavy atom. The zero-order valence-electron chi connectivity index (χ0n) is 6.09. The number of rotatable bonds is 4. The summed E-state index contributed by atoms with van der Waals surface area (Å²) in [6.45, 7) is 5.29. The van der Waals surface area contributed by atoms with E-state index in [1.165, 1.54) is 0 Å². The number of carbonyl (C=O) groups is 1. The Kier molecular flexibility index (Phi) is 19.1.